The molecule has 82 valence electrons. The Morgan fingerprint density at radius 2 is 1.69 bits per heavy atom. The van der Waals surface area contributed by atoms with Gasteiger partial charge in [-0.3, -0.25) is 0 Å². The van der Waals surface area contributed by atoms with E-state index in [1.54, 1.807) is 18.2 Å². The van der Waals surface area contributed by atoms with Crippen molar-refractivity contribution >= 4 is 17.3 Å². The second-order valence-corrected chi connectivity index (χ2v) is 4.09. The van der Waals surface area contributed by atoms with Crippen molar-refractivity contribution in [2.24, 2.45) is 0 Å². The molecule has 2 aromatic rings. The van der Waals surface area contributed by atoms with Crippen molar-refractivity contribution in [1.29, 1.82) is 0 Å². The molecule has 0 saturated heterocycles. The summed E-state index contributed by atoms with van der Waals surface area (Å²) < 4.78 is 0. The maximum Gasteiger partial charge on any atom is 0.115 e. The molecule has 0 radical (unpaired) electrons. The highest BCUT2D eigenvalue weighted by molar-refractivity contribution is 6.36. The Kier molecular flexibility index (Phi) is 2.75. The fourth-order valence-electron chi connectivity index (χ4n) is 1.67. The number of aryl methyl sites for hydroxylation is 1. The van der Waals surface area contributed by atoms with E-state index in [-0.39, 0.29) is 5.75 Å². The summed E-state index contributed by atoms with van der Waals surface area (Å²) in [5.41, 5.74) is 9.27. The van der Waals surface area contributed by atoms with Gasteiger partial charge in [0.05, 0.1) is 10.7 Å². The van der Waals surface area contributed by atoms with Crippen LogP contribution in [0.3, 0.4) is 0 Å². The van der Waals surface area contributed by atoms with Gasteiger partial charge in [0, 0.05) is 5.56 Å². The zero-order valence-electron chi connectivity index (χ0n) is 8.87. The van der Waals surface area contributed by atoms with E-state index in [2.05, 4.69) is 0 Å². The van der Waals surface area contributed by atoms with Crippen LogP contribution >= 0.6 is 11.6 Å². The fraction of sp³-hybridized carbons (Fsp3) is 0.0769. The second kappa shape index (κ2) is 4.06. The van der Waals surface area contributed by atoms with Crippen molar-refractivity contribution in [1.82, 2.24) is 0 Å². The molecule has 0 aromatic heterocycles. The van der Waals surface area contributed by atoms with Crippen LogP contribution in [0.25, 0.3) is 11.1 Å². The molecule has 0 heterocycles. The van der Waals surface area contributed by atoms with Gasteiger partial charge in [-0.25, -0.2) is 0 Å². The summed E-state index contributed by atoms with van der Waals surface area (Å²) in [5.74, 6) is 0.237. The molecule has 16 heavy (non-hydrogen) atoms. The maximum absolute atomic E-state index is 9.24. The Hall–Kier alpha value is -1.67. The number of rotatable bonds is 1. The van der Waals surface area contributed by atoms with E-state index in [1.807, 2.05) is 25.1 Å². The summed E-state index contributed by atoms with van der Waals surface area (Å²) in [7, 11) is 0. The predicted molar refractivity (Wildman–Crippen MR) is 67.7 cm³/mol. The lowest BCUT2D eigenvalue weighted by molar-refractivity contribution is 0.475. The number of phenolic OH excluding ortho intramolecular Hbond substituents is 1. The smallest absolute Gasteiger partial charge is 0.115 e. The van der Waals surface area contributed by atoms with Gasteiger partial charge in [-0.05, 0) is 36.2 Å². The van der Waals surface area contributed by atoms with Gasteiger partial charge in [0.2, 0.25) is 0 Å². The monoisotopic (exact) mass is 233 g/mol. The van der Waals surface area contributed by atoms with E-state index in [4.69, 9.17) is 17.3 Å². The molecule has 0 aliphatic rings. The molecule has 2 aromatic carbocycles. The van der Waals surface area contributed by atoms with Crippen LogP contribution in [0.2, 0.25) is 5.02 Å². The van der Waals surface area contributed by atoms with Crippen LogP contribution in [0, 0.1) is 6.92 Å². The van der Waals surface area contributed by atoms with Crippen LogP contribution in [0.1, 0.15) is 5.56 Å². The molecular formula is C13H12ClNO. The number of hydrogen-bond acceptors (Lipinski definition) is 2. The Bertz CT molecular complexity index is 520. The molecule has 0 unspecified atom stereocenters. The van der Waals surface area contributed by atoms with E-state index in [9.17, 15) is 5.11 Å². The Balaban J connectivity index is 2.63. The minimum absolute atomic E-state index is 0.237. The summed E-state index contributed by atoms with van der Waals surface area (Å²) in [6.45, 7) is 1.98. The lowest BCUT2D eigenvalue weighted by atomic mass is 10.00. The van der Waals surface area contributed by atoms with Gasteiger partial charge < -0.3 is 10.8 Å². The molecule has 3 heteroatoms. The van der Waals surface area contributed by atoms with Gasteiger partial charge in [-0.2, -0.15) is 0 Å². The highest BCUT2D eigenvalue weighted by atomic mass is 35.5. The van der Waals surface area contributed by atoms with Gasteiger partial charge in [0.25, 0.3) is 0 Å². The summed E-state index contributed by atoms with van der Waals surface area (Å²) in [6.07, 6.45) is 0. The number of nitrogens with two attached hydrogens (primary N) is 1. The number of halogens is 1. The second-order valence-electron chi connectivity index (χ2n) is 3.71. The molecule has 2 nitrogen and oxygen atoms in total. The molecule has 0 aliphatic heterocycles. The standard InChI is InChI=1S/C13H12ClNO/c1-8-2-7-11(15)13(14)12(8)9-3-5-10(16)6-4-9/h2-7,16H,15H2,1H3. The van der Waals surface area contributed by atoms with Crippen molar-refractivity contribution in [3.63, 3.8) is 0 Å². The van der Waals surface area contributed by atoms with Gasteiger partial charge >= 0.3 is 0 Å². The Morgan fingerprint density at radius 3 is 2.31 bits per heavy atom. The van der Waals surface area contributed by atoms with E-state index < -0.39 is 0 Å². The lowest BCUT2D eigenvalue weighted by Crippen LogP contribution is -1.91. The third-order valence-corrected chi connectivity index (χ3v) is 2.94. The van der Waals surface area contributed by atoms with E-state index in [0.717, 1.165) is 16.7 Å². The van der Waals surface area contributed by atoms with E-state index in [1.165, 1.54) is 0 Å². The molecule has 3 N–H and O–H groups in total. The molecular weight excluding hydrogens is 222 g/mol. The molecule has 0 aliphatic carbocycles. The number of aromatic hydroxyl groups is 1. The van der Waals surface area contributed by atoms with Crippen molar-refractivity contribution in [3.8, 4) is 16.9 Å². The summed E-state index contributed by atoms with van der Waals surface area (Å²) >= 11 is 6.19. The zero-order chi connectivity index (χ0) is 11.7. The average molecular weight is 234 g/mol. The molecule has 0 amide bonds. The van der Waals surface area contributed by atoms with E-state index >= 15 is 0 Å². The minimum Gasteiger partial charge on any atom is -0.508 e. The first-order valence-corrected chi connectivity index (χ1v) is 5.31. The molecule has 0 saturated carbocycles. The SMILES string of the molecule is Cc1ccc(N)c(Cl)c1-c1ccc(O)cc1. The predicted octanol–water partition coefficient (Wildman–Crippen LogP) is 3.60. The quantitative estimate of drug-likeness (QED) is 0.740. The molecule has 0 fully saturated rings. The Labute approximate surface area is 99.3 Å². The van der Waals surface area contributed by atoms with Crippen LogP contribution in [0.15, 0.2) is 36.4 Å². The van der Waals surface area contributed by atoms with Crippen LogP contribution in [-0.4, -0.2) is 5.11 Å². The third-order valence-electron chi connectivity index (χ3n) is 2.54. The maximum atomic E-state index is 9.24. The fourth-order valence-corrected chi connectivity index (χ4v) is 1.99. The van der Waals surface area contributed by atoms with Crippen molar-refractivity contribution in [2.45, 2.75) is 6.92 Å². The van der Waals surface area contributed by atoms with Crippen LogP contribution in [-0.2, 0) is 0 Å². The van der Waals surface area contributed by atoms with Crippen molar-refractivity contribution in [2.75, 3.05) is 5.73 Å². The van der Waals surface area contributed by atoms with Crippen molar-refractivity contribution in [3.05, 3.63) is 47.0 Å². The number of hydrogen-bond donors (Lipinski definition) is 2. The van der Waals surface area contributed by atoms with Crippen LogP contribution in [0.5, 0.6) is 5.75 Å². The minimum atomic E-state index is 0.237. The summed E-state index contributed by atoms with van der Waals surface area (Å²) in [6, 6.07) is 10.6. The average Bonchev–Trinajstić information content (AvgIpc) is 2.27. The number of phenols is 1. The number of nitrogen functional groups attached to an aromatic ring is 1. The first-order valence-electron chi connectivity index (χ1n) is 4.93. The van der Waals surface area contributed by atoms with Gasteiger partial charge in [-0.1, -0.05) is 29.8 Å². The first kappa shape index (κ1) is 10.8. The summed E-state index contributed by atoms with van der Waals surface area (Å²) in [5, 5.41) is 9.80. The number of benzene rings is 2. The lowest BCUT2D eigenvalue weighted by Gasteiger charge is -2.10. The Morgan fingerprint density at radius 1 is 1.06 bits per heavy atom. The van der Waals surface area contributed by atoms with E-state index in [0.29, 0.717) is 10.7 Å². The normalized spacial score (nSPS) is 10.4. The highest BCUT2D eigenvalue weighted by Crippen LogP contribution is 2.35. The molecule has 0 spiro atoms. The largest absolute Gasteiger partial charge is 0.508 e. The van der Waals surface area contributed by atoms with Crippen molar-refractivity contribution < 1.29 is 5.11 Å². The van der Waals surface area contributed by atoms with Gasteiger partial charge in [0.1, 0.15) is 5.75 Å². The topological polar surface area (TPSA) is 46.2 Å². The molecule has 2 rings (SSSR count). The molecule has 0 atom stereocenters. The van der Waals surface area contributed by atoms with Crippen LogP contribution < -0.4 is 5.73 Å². The highest BCUT2D eigenvalue weighted by Gasteiger charge is 2.09. The first-order chi connectivity index (χ1) is 7.59. The summed E-state index contributed by atoms with van der Waals surface area (Å²) in [4.78, 5) is 0. The van der Waals surface area contributed by atoms with Crippen LogP contribution in [0.4, 0.5) is 5.69 Å². The van der Waals surface area contributed by atoms with Gasteiger partial charge in [-0.15, -0.1) is 0 Å². The third kappa shape index (κ3) is 1.84. The molecule has 0 bridgehead atoms. The zero-order valence-corrected chi connectivity index (χ0v) is 9.62. The number of anilines is 1. The van der Waals surface area contributed by atoms with Gasteiger partial charge in [0.15, 0.2) is 0 Å².